The zero-order chi connectivity index (χ0) is 30.9. The van der Waals surface area contributed by atoms with Crippen molar-refractivity contribution in [2.75, 3.05) is 11.5 Å². The molecule has 1 heterocycles. The predicted molar refractivity (Wildman–Crippen MR) is 166 cm³/mol. The van der Waals surface area contributed by atoms with Crippen LogP contribution in [-0.4, -0.2) is 41.8 Å². The number of fused-ring (bicyclic) bond motifs is 1. The van der Waals surface area contributed by atoms with Gasteiger partial charge in [-0.3, -0.25) is 19.3 Å². The minimum Gasteiger partial charge on any atom is -0.389 e. The average molecular weight is 583 g/mol. The minimum absolute atomic E-state index is 0.00792. The summed E-state index contributed by atoms with van der Waals surface area (Å²) < 4.78 is 0. The van der Waals surface area contributed by atoms with Crippen LogP contribution in [0.1, 0.15) is 67.9 Å². The lowest BCUT2D eigenvalue weighted by atomic mass is 9.81. The third-order valence-corrected chi connectivity index (χ3v) is 6.72. The van der Waals surface area contributed by atoms with Gasteiger partial charge in [0.05, 0.1) is 34.7 Å². The molecule has 1 aliphatic carbocycles. The molecule has 2 aliphatic rings. The summed E-state index contributed by atoms with van der Waals surface area (Å²) in [7, 11) is 0. The monoisotopic (exact) mass is 582 g/mol. The van der Waals surface area contributed by atoms with Gasteiger partial charge in [0.25, 0.3) is 5.91 Å². The fourth-order valence-electron chi connectivity index (χ4n) is 4.50. The number of aryl methyl sites for hydroxylation is 2. The van der Waals surface area contributed by atoms with E-state index in [0.29, 0.717) is 16.9 Å². The van der Waals surface area contributed by atoms with Crippen LogP contribution in [0, 0.1) is 25.7 Å². The van der Waals surface area contributed by atoms with Gasteiger partial charge >= 0.3 is 0 Å². The molecule has 41 heavy (non-hydrogen) atoms. The van der Waals surface area contributed by atoms with Gasteiger partial charge in [-0.2, -0.15) is 0 Å². The second-order valence-corrected chi connectivity index (χ2v) is 10.4. The van der Waals surface area contributed by atoms with E-state index in [1.54, 1.807) is 12.1 Å². The Hall–Kier alpha value is -3.55. The van der Waals surface area contributed by atoms with Crippen molar-refractivity contribution in [3.8, 4) is 0 Å². The lowest BCUT2D eigenvalue weighted by molar-refractivity contribution is -0.122. The molecule has 2 N–H and O–H groups in total. The Kier molecular flexibility index (Phi) is 16.2. The molecule has 0 aromatic heterocycles. The molecule has 2 fully saturated rings. The van der Waals surface area contributed by atoms with E-state index in [-0.39, 0.29) is 42.2 Å². The number of aliphatic hydroxyl groups is 1. The van der Waals surface area contributed by atoms with E-state index in [4.69, 9.17) is 21.5 Å². The Labute approximate surface area is 249 Å². The smallest absolute Gasteiger partial charge is 0.253 e. The Morgan fingerprint density at radius 1 is 1.07 bits per heavy atom. The number of aliphatic hydroxyl groups excluding tert-OH is 1. The fraction of sp³-hybridized carbons (Fsp3) is 0.394. The molecule has 0 spiro atoms. The van der Waals surface area contributed by atoms with Crippen LogP contribution < -0.4 is 10.2 Å². The summed E-state index contributed by atoms with van der Waals surface area (Å²) >= 11 is 5.95. The number of amides is 3. The van der Waals surface area contributed by atoms with Gasteiger partial charge < -0.3 is 15.2 Å². The molecule has 1 saturated heterocycles. The number of nitrogens with one attached hydrogen (secondary N) is 1. The van der Waals surface area contributed by atoms with Crippen molar-refractivity contribution in [2.24, 2.45) is 11.8 Å². The fourth-order valence-corrected chi connectivity index (χ4v) is 4.81. The number of carbonyl (C=O) groups is 4. The highest BCUT2D eigenvalue weighted by molar-refractivity contribution is 6.34. The first-order chi connectivity index (χ1) is 19.5. The molecule has 2 aromatic rings. The zero-order valence-electron chi connectivity index (χ0n) is 24.7. The first kappa shape index (κ1) is 35.5. The summed E-state index contributed by atoms with van der Waals surface area (Å²) in [6.07, 6.45) is 9.89. The van der Waals surface area contributed by atoms with Gasteiger partial charge in [-0.25, -0.2) is 0 Å². The van der Waals surface area contributed by atoms with Gasteiger partial charge in [0.2, 0.25) is 11.8 Å². The van der Waals surface area contributed by atoms with Crippen LogP contribution in [0.25, 0.3) is 0 Å². The van der Waals surface area contributed by atoms with Gasteiger partial charge in [-0.05, 0) is 71.2 Å². The molecule has 222 valence electrons. The van der Waals surface area contributed by atoms with Crippen molar-refractivity contribution in [1.29, 1.82) is 0 Å². The van der Waals surface area contributed by atoms with E-state index in [0.717, 1.165) is 42.5 Å². The maximum Gasteiger partial charge on any atom is 0.253 e. The van der Waals surface area contributed by atoms with Gasteiger partial charge in [0.1, 0.15) is 6.29 Å². The normalized spacial score (nSPS) is 17.3. The van der Waals surface area contributed by atoms with Gasteiger partial charge in [-0.1, -0.05) is 79.1 Å². The number of allylic oxidation sites excluding steroid dienone is 3. The second kappa shape index (κ2) is 18.7. The van der Waals surface area contributed by atoms with Gasteiger partial charge in [0, 0.05) is 6.04 Å². The molecule has 8 heteroatoms. The lowest BCUT2D eigenvalue weighted by Gasteiger charge is -2.19. The van der Waals surface area contributed by atoms with Crippen molar-refractivity contribution in [3.05, 3.63) is 89.0 Å². The van der Waals surface area contributed by atoms with Crippen LogP contribution in [0.3, 0.4) is 0 Å². The molecule has 4 rings (SSSR count). The van der Waals surface area contributed by atoms with Crippen molar-refractivity contribution in [3.63, 3.8) is 0 Å². The van der Waals surface area contributed by atoms with E-state index < -0.39 is 0 Å². The number of imide groups is 1. The third kappa shape index (κ3) is 11.1. The Bertz CT molecular complexity index is 1150. The van der Waals surface area contributed by atoms with Crippen molar-refractivity contribution in [1.82, 2.24) is 5.32 Å². The quantitative estimate of drug-likeness (QED) is 0.242. The summed E-state index contributed by atoms with van der Waals surface area (Å²) in [5.74, 6) is -0.217. The van der Waals surface area contributed by atoms with E-state index in [1.807, 2.05) is 83.2 Å². The number of rotatable bonds is 5. The molecule has 1 saturated carbocycles. The van der Waals surface area contributed by atoms with Crippen LogP contribution in [0.5, 0.6) is 0 Å². The van der Waals surface area contributed by atoms with E-state index >= 15 is 0 Å². The first-order valence-electron chi connectivity index (χ1n) is 13.8. The average Bonchev–Trinajstić information content (AvgIpc) is 3.20. The summed E-state index contributed by atoms with van der Waals surface area (Å²) in [6, 6.07) is 13.2. The number of benzene rings is 2. The number of aldehydes is 1. The molecule has 2 atom stereocenters. The standard InChI is InChI=1S/C15H17NO2.C11H14ClNO.C5H8.C2H4O2/c1-10-6-8-11(9-7-10)16-14(17)12-4-2-3-5-13(12)15(16)18;1-7(2)13-11(14)10-8(3)5-4-6-9(10)12;1-3-5-4-2;3-1-2-4/h6-9,12-13H,2-5H2,1H3;4-7H,1-3H3,(H,13,14);3-5H,1H2,2H3;1,4H,2H2/b;;5-4+;. The maximum absolute atomic E-state index is 12.3. The van der Waals surface area contributed by atoms with Crippen LogP contribution in [0.2, 0.25) is 5.02 Å². The number of hydrogen-bond acceptors (Lipinski definition) is 5. The maximum atomic E-state index is 12.3. The summed E-state index contributed by atoms with van der Waals surface area (Å²) in [6.45, 7) is 12.8. The summed E-state index contributed by atoms with van der Waals surface area (Å²) in [5, 5.41) is 10.8. The molecule has 2 unspecified atom stereocenters. The zero-order valence-corrected chi connectivity index (χ0v) is 25.5. The number of anilines is 1. The predicted octanol–water partition coefficient (Wildman–Crippen LogP) is 6.39. The topological polar surface area (TPSA) is 104 Å². The van der Waals surface area contributed by atoms with E-state index in [2.05, 4.69) is 11.9 Å². The third-order valence-electron chi connectivity index (χ3n) is 6.41. The number of carbonyl (C=O) groups excluding carboxylic acids is 4. The molecular formula is C33H43ClN2O5. The van der Waals surface area contributed by atoms with Crippen LogP contribution >= 0.6 is 11.6 Å². The van der Waals surface area contributed by atoms with Crippen LogP contribution in [0.15, 0.2) is 67.3 Å². The SMILES string of the molecule is C=C/C=C/C.Cc1ccc(N2C(=O)C3CCCCC3C2=O)cc1.Cc1cccc(Cl)c1C(=O)NC(C)C.O=CCO. The highest BCUT2D eigenvalue weighted by atomic mass is 35.5. The van der Waals surface area contributed by atoms with Crippen molar-refractivity contribution < 1.29 is 24.3 Å². The van der Waals surface area contributed by atoms with E-state index in [9.17, 15) is 14.4 Å². The largest absolute Gasteiger partial charge is 0.389 e. The lowest BCUT2D eigenvalue weighted by Crippen LogP contribution is -2.30. The first-order valence-corrected chi connectivity index (χ1v) is 14.2. The minimum atomic E-state index is -0.361. The Morgan fingerprint density at radius 3 is 2.00 bits per heavy atom. The molecule has 0 bridgehead atoms. The highest BCUT2D eigenvalue weighted by Gasteiger charge is 2.48. The number of hydrogen-bond donors (Lipinski definition) is 2. The number of halogens is 1. The molecule has 1 aliphatic heterocycles. The van der Waals surface area contributed by atoms with Crippen LogP contribution in [0.4, 0.5) is 5.69 Å². The van der Waals surface area contributed by atoms with Crippen molar-refractivity contribution in [2.45, 2.75) is 66.3 Å². The summed E-state index contributed by atoms with van der Waals surface area (Å²) in [5.41, 5.74) is 3.33. The summed E-state index contributed by atoms with van der Waals surface area (Å²) in [4.78, 5) is 46.7. The van der Waals surface area contributed by atoms with Crippen molar-refractivity contribution >= 4 is 41.3 Å². The Morgan fingerprint density at radius 2 is 1.61 bits per heavy atom. The molecule has 7 nitrogen and oxygen atoms in total. The second-order valence-electron chi connectivity index (χ2n) is 10.0. The van der Waals surface area contributed by atoms with Gasteiger partial charge in [0.15, 0.2) is 0 Å². The molecular weight excluding hydrogens is 540 g/mol. The number of nitrogens with zero attached hydrogens (tertiary/aromatic N) is 1. The van der Waals surface area contributed by atoms with Crippen LogP contribution in [-0.2, 0) is 14.4 Å². The highest BCUT2D eigenvalue weighted by Crippen LogP contribution is 2.40. The van der Waals surface area contributed by atoms with Gasteiger partial charge in [-0.15, -0.1) is 0 Å². The molecule has 2 aromatic carbocycles. The molecule has 0 radical (unpaired) electrons. The Balaban J connectivity index is 0.000000324. The van der Waals surface area contributed by atoms with E-state index in [1.165, 1.54) is 4.90 Å². The molecule has 3 amide bonds.